The Hall–Kier alpha value is -1.55. The van der Waals surface area contributed by atoms with Crippen LogP contribution in [0.2, 0.25) is 0 Å². The van der Waals surface area contributed by atoms with E-state index in [4.69, 9.17) is 0 Å². The van der Waals surface area contributed by atoms with E-state index in [2.05, 4.69) is 22.3 Å². The molecule has 1 heterocycles. The molecule has 4 nitrogen and oxygen atoms in total. The molecule has 0 spiro atoms. The molecule has 2 aliphatic rings. The van der Waals surface area contributed by atoms with Gasteiger partial charge < -0.3 is 15.3 Å². The fourth-order valence-corrected chi connectivity index (χ4v) is 3.62. The van der Waals surface area contributed by atoms with Crippen molar-refractivity contribution < 1.29 is 9.90 Å². The average Bonchev–Trinajstić information content (AvgIpc) is 2.95. The first kappa shape index (κ1) is 15.3. The number of carbonyl (C=O) groups excluding carboxylic acids is 1. The van der Waals surface area contributed by atoms with Crippen molar-refractivity contribution in [3.63, 3.8) is 0 Å². The molecule has 2 N–H and O–H groups in total. The fraction of sp³-hybridized carbons (Fsp3) is 0.611. The highest BCUT2D eigenvalue weighted by atomic mass is 16.3. The van der Waals surface area contributed by atoms with Crippen LogP contribution in [-0.4, -0.2) is 29.7 Å². The molecule has 2 fully saturated rings. The van der Waals surface area contributed by atoms with Crippen LogP contribution in [0.25, 0.3) is 0 Å². The second kappa shape index (κ2) is 6.69. The van der Waals surface area contributed by atoms with Gasteiger partial charge in [0.25, 0.3) is 0 Å². The van der Waals surface area contributed by atoms with Crippen LogP contribution in [0.15, 0.2) is 24.3 Å². The van der Waals surface area contributed by atoms with Crippen molar-refractivity contribution in [3.8, 4) is 0 Å². The fourth-order valence-electron chi connectivity index (χ4n) is 3.62. The van der Waals surface area contributed by atoms with E-state index >= 15 is 0 Å². The van der Waals surface area contributed by atoms with E-state index in [0.29, 0.717) is 0 Å². The summed E-state index contributed by atoms with van der Waals surface area (Å²) < 4.78 is 0. The Kier molecular flexibility index (Phi) is 4.67. The van der Waals surface area contributed by atoms with Crippen LogP contribution in [0, 0.1) is 0 Å². The zero-order valence-electron chi connectivity index (χ0n) is 13.2. The van der Waals surface area contributed by atoms with Gasteiger partial charge in [-0.2, -0.15) is 0 Å². The number of carbonyl (C=O) groups is 1. The number of amides is 1. The number of rotatable bonds is 4. The monoisotopic (exact) mass is 302 g/mol. The van der Waals surface area contributed by atoms with E-state index in [1.54, 1.807) is 0 Å². The van der Waals surface area contributed by atoms with Gasteiger partial charge in [0.05, 0.1) is 12.0 Å². The predicted molar refractivity (Wildman–Crippen MR) is 89.2 cm³/mol. The lowest BCUT2D eigenvalue weighted by molar-refractivity contribution is -0.120. The second-order valence-corrected chi connectivity index (χ2v) is 6.75. The molecule has 0 bridgehead atoms. The van der Waals surface area contributed by atoms with Crippen LogP contribution >= 0.6 is 0 Å². The molecule has 0 radical (unpaired) electrons. The maximum Gasteiger partial charge on any atom is 0.227 e. The summed E-state index contributed by atoms with van der Waals surface area (Å²) in [6.45, 7) is 2.25. The van der Waals surface area contributed by atoms with Crippen molar-refractivity contribution in [1.82, 2.24) is 0 Å². The Morgan fingerprint density at radius 1 is 1.05 bits per heavy atom. The van der Waals surface area contributed by atoms with Crippen LogP contribution in [0.3, 0.4) is 0 Å². The van der Waals surface area contributed by atoms with Crippen molar-refractivity contribution in [2.45, 2.75) is 57.0 Å². The molecule has 0 unspecified atom stereocenters. The van der Waals surface area contributed by atoms with Gasteiger partial charge in [-0.3, -0.25) is 4.79 Å². The zero-order valence-corrected chi connectivity index (χ0v) is 13.2. The summed E-state index contributed by atoms with van der Waals surface area (Å²) in [6, 6.07) is 8.07. The van der Waals surface area contributed by atoms with Crippen molar-refractivity contribution in [1.29, 1.82) is 0 Å². The number of hydrogen-bond donors (Lipinski definition) is 2. The quantitative estimate of drug-likeness (QED) is 0.897. The van der Waals surface area contributed by atoms with Gasteiger partial charge in [-0.1, -0.05) is 12.8 Å². The normalized spacial score (nSPS) is 20.9. The molecule has 1 aliphatic carbocycles. The van der Waals surface area contributed by atoms with Gasteiger partial charge in [0.15, 0.2) is 0 Å². The summed E-state index contributed by atoms with van der Waals surface area (Å²) in [5.74, 6) is -0.0878. The van der Waals surface area contributed by atoms with Crippen molar-refractivity contribution in [2.75, 3.05) is 23.3 Å². The van der Waals surface area contributed by atoms with E-state index in [0.717, 1.165) is 44.5 Å². The van der Waals surface area contributed by atoms with Crippen molar-refractivity contribution in [2.24, 2.45) is 0 Å². The molecule has 1 saturated carbocycles. The Morgan fingerprint density at radius 3 is 2.32 bits per heavy atom. The van der Waals surface area contributed by atoms with Gasteiger partial charge in [-0.25, -0.2) is 0 Å². The van der Waals surface area contributed by atoms with Crippen molar-refractivity contribution >= 4 is 17.3 Å². The molecule has 22 heavy (non-hydrogen) atoms. The Morgan fingerprint density at radius 2 is 1.68 bits per heavy atom. The minimum absolute atomic E-state index is 0.0878. The molecule has 1 saturated heterocycles. The van der Waals surface area contributed by atoms with E-state index in [9.17, 15) is 9.90 Å². The van der Waals surface area contributed by atoms with Gasteiger partial charge in [-0.05, 0) is 56.4 Å². The maximum absolute atomic E-state index is 12.1. The van der Waals surface area contributed by atoms with Crippen LogP contribution in [0.1, 0.15) is 51.4 Å². The van der Waals surface area contributed by atoms with E-state index in [-0.39, 0.29) is 12.3 Å². The highest BCUT2D eigenvalue weighted by Crippen LogP contribution is 2.32. The third-order valence-corrected chi connectivity index (χ3v) is 4.90. The standard InChI is InChI=1S/C18H26N2O2/c21-17(14-18(22)10-2-3-11-18)19-15-6-8-16(9-7-15)20-12-4-1-5-13-20/h6-9,22H,1-5,10-14H2,(H,19,21). The number of hydrogen-bond acceptors (Lipinski definition) is 3. The molecule has 120 valence electrons. The average molecular weight is 302 g/mol. The van der Waals surface area contributed by atoms with Crippen LogP contribution in [0.4, 0.5) is 11.4 Å². The smallest absolute Gasteiger partial charge is 0.227 e. The first-order valence-electron chi connectivity index (χ1n) is 8.52. The number of anilines is 2. The summed E-state index contributed by atoms with van der Waals surface area (Å²) >= 11 is 0. The largest absolute Gasteiger partial charge is 0.389 e. The number of nitrogens with zero attached hydrogens (tertiary/aromatic N) is 1. The first-order valence-corrected chi connectivity index (χ1v) is 8.52. The molecule has 1 aromatic carbocycles. The molecule has 1 aliphatic heterocycles. The highest BCUT2D eigenvalue weighted by Gasteiger charge is 2.33. The van der Waals surface area contributed by atoms with E-state index < -0.39 is 5.60 Å². The first-order chi connectivity index (χ1) is 10.6. The Bertz CT molecular complexity index is 500. The molecule has 4 heteroatoms. The molecule has 3 rings (SSSR count). The maximum atomic E-state index is 12.1. The Balaban J connectivity index is 1.55. The number of nitrogens with one attached hydrogen (secondary N) is 1. The lowest BCUT2D eigenvalue weighted by Gasteiger charge is -2.29. The van der Waals surface area contributed by atoms with Gasteiger partial charge in [0.1, 0.15) is 0 Å². The third-order valence-electron chi connectivity index (χ3n) is 4.90. The summed E-state index contributed by atoms with van der Waals surface area (Å²) in [4.78, 5) is 14.5. The molecule has 1 aromatic rings. The molecule has 1 amide bonds. The van der Waals surface area contributed by atoms with E-state index in [1.807, 2.05) is 12.1 Å². The summed E-state index contributed by atoms with van der Waals surface area (Å²) in [6.07, 6.45) is 7.59. The van der Waals surface area contributed by atoms with Crippen LogP contribution in [-0.2, 0) is 4.79 Å². The number of aliphatic hydroxyl groups is 1. The highest BCUT2D eigenvalue weighted by molar-refractivity contribution is 5.91. The van der Waals surface area contributed by atoms with Gasteiger partial charge >= 0.3 is 0 Å². The molecule has 0 atom stereocenters. The van der Waals surface area contributed by atoms with Gasteiger partial charge in [-0.15, -0.1) is 0 Å². The third kappa shape index (κ3) is 3.80. The molecular formula is C18H26N2O2. The molecule has 0 aromatic heterocycles. The second-order valence-electron chi connectivity index (χ2n) is 6.75. The van der Waals surface area contributed by atoms with Gasteiger partial charge in [0.2, 0.25) is 5.91 Å². The Labute approximate surface area is 132 Å². The molecular weight excluding hydrogens is 276 g/mol. The predicted octanol–water partition coefficient (Wildman–Crippen LogP) is 3.31. The summed E-state index contributed by atoms with van der Waals surface area (Å²) in [5, 5.41) is 13.2. The SMILES string of the molecule is O=C(CC1(O)CCCC1)Nc1ccc(N2CCCCC2)cc1. The zero-order chi connectivity index (χ0) is 15.4. The minimum atomic E-state index is -0.780. The topological polar surface area (TPSA) is 52.6 Å². The minimum Gasteiger partial charge on any atom is -0.389 e. The lowest BCUT2D eigenvalue weighted by atomic mass is 9.97. The summed E-state index contributed by atoms with van der Waals surface area (Å²) in [5.41, 5.74) is 1.26. The lowest BCUT2D eigenvalue weighted by Crippen LogP contribution is -2.31. The number of benzene rings is 1. The van der Waals surface area contributed by atoms with Crippen molar-refractivity contribution in [3.05, 3.63) is 24.3 Å². The van der Waals surface area contributed by atoms with Crippen LogP contribution < -0.4 is 10.2 Å². The van der Waals surface area contributed by atoms with E-state index in [1.165, 1.54) is 24.9 Å². The number of piperidine rings is 1. The van der Waals surface area contributed by atoms with Crippen LogP contribution in [0.5, 0.6) is 0 Å². The summed E-state index contributed by atoms with van der Waals surface area (Å²) in [7, 11) is 0. The van der Waals surface area contributed by atoms with Gasteiger partial charge in [0, 0.05) is 24.5 Å².